The second kappa shape index (κ2) is 5.20. The Hall–Kier alpha value is -0.570. The van der Waals surface area contributed by atoms with Gasteiger partial charge in [-0.3, -0.25) is 9.69 Å². The van der Waals surface area contributed by atoms with Crippen LogP contribution in [0.15, 0.2) is 0 Å². The molecule has 1 aliphatic heterocycles. The van der Waals surface area contributed by atoms with E-state index in [-0.39, 0.29) is 5.91 Å². The van der Waals surface area contributed by atoms with E-state index in [9.17, 15) is 4.79 Å². The van der Waals surface area contributed by atoms with Crippen molar-refractivity contribution in [2.45, 2.75) is 76.4 Å². The van der Waals surface area contributed by atoms with E-state index in [1.165, 1.54) is 57.9 Å². The van der Waals surface area contributed by atoms with E-state index in [1.807, 2.05) is 0 Å². The van der Waals surface area contributed by atoms with Crippen molar-refractivity contribution in [3.63, 3.8) is 0 Å². The van der Waals surface area contributed by atoms with Gasteiger partial charge in [0.25, 0.3) is 0 Å². The quantitative estimate of drug-likeness (QED) is 0.765. The van der Waals surface area contributed by atoms with Gasteiger partial charge in [-0.15, -0.1) is 0 Å². The average Bonchev–Trinajstić information content (AvgIpc) is 2.88. The third kappa shape index (κ3) is 2.56. The number of carbonyl (C=O) groups is 1. The van der Waals surface area contributed by atoms with E-state index in [0.29, 0.717) is 12.1 Å². The van der Waals surface area contributed by atoms with E-state index >= 15 is 0 Å². The van der Waals surface area contributed by atoms with Crippen LogP contribution >= 0.6 is 0 Å². The molecule has 102 valence electrons. The van der Waals surface area contributed by atoms with Crippen LogP contribution in [-0.2, 0) is 4.79 Å². The first kappa shape index (κ1) is 12.5. The lowest BCUT2D eigenvalue weighted by molar-refractivity contribution is -0.130. The van der Waals surface area contributed by atoms with Crippen molar-refractivity contribution < 1.29 is 4.79 Å². The Morgan fingerprint density at radius 3 is 2.44 bits per heavy atom. The molecular weight excluding hydrogens is 224 g/mol. The summed E-state index contributed by atoms with van der Waals surface area (Å²) in [6.45, 7) is 4.01. The van der Waals surface area contributed by atoms with Crippen molar-refractivity contribution in [2.24, 2.45) is 0 Å². The Balaban J connectivity index is 1.61. The van der Waals surface area contributed by atoms with Gasteiger partial charge in [-0.05, 0) is 45.1 Å². The molecule has 2 aliphatic carbocycles. The summed E-state index contributed by atoms with van der Waals surface area (Å²) < 4.78 is 0. The molecule has 3 fully saturated rings. The highest BCUT2D eigenvalue weighted by molar-refractivity contribution is 5.74. The third-order valence-corrected chi connectivity index (χ3v) is 5.02. The van der Waals surface area contributed by atoms with Crippen molar-refractivity contribution in [1.82, 2.24) is 9.80 Å². The zero-order valence-corrected chi connectivity index (χ0v) is 11.6. The minimum Gasteiger partial charge on any atom is -0.338 e. The molecule has 18 heavy (non-hydrogen) atoms. The second-order valence-electron chi connectivity index (χ2n) is 6.37. The highest BCUT2D eigenvalue weighted by Crippen LogP contribution is 2.33. The van der Waals surface area contributed by atoms with E-state index in [0.717, 1.165) is 12.6 Å². The molecule has 0 radical (unpaired) electrons. The fourth-order valence-electron chi connectivity index (χ4n) is 3.92. The minimum atomic E-state index is 0.288. The number of likely N-dealkylation sites (tertiary alicyclic amines) is 1. The maximum absolute atomic E-state index is 11.7. The lowest BCUT2D eigenvalue weighted by atomic mass is 10.1. The standard InChI is InChI=1S/C15H26N2O/c1-12(18)17(14-8-9-14)11-15-7-4-10-16(15)13-5-2-3-6-13/h13-15H,2-11H2,1H3/t15-/m1/s1. The summed E-state index contributed by atoms with van der Waals surface area (Å²) in [4.78, 5) is 16.6. The van der Waals surface area contributed by atoms with E-state index < -0.39 is 0 Å². The van der Waals surface area contributed by atoms with Crippen LogP contribution in [0.3, 0.4) is 0 Å². The molecule has 3 heteroatoms. The highest BCUT2D eigenvalue weighted by atomic mass is 16.2. The fraction of sp³-hybridized carbons (Fsp3) is 0.933. The molecule has 0 aromatic carbocycles. The maximum atomic E-state index is 11.7. The van der Waals surface area contributed by atoms with Gasteiger partial charge in [-0.2, -0.15) is 0 Å². The van der Waals surface area contributed by atoms with Gasteiger partial charge in [-0.25, -0.2) is 0 Å². The summed E-state index contributed by atoms with van der Waals surface area (Å²) >= 11 is 0. The summed E-state index contributed by atoms with van der Waals surface area (Å²) in [5.74, 6) is 0.288. The number of carbonyl (C=O) groups excluding carboxylic acids is 1. The predicted molar refractivity (Wildman–Crippen MR) is 72.4 cm³/mol. The molecule has 2 saturated carbocycles. The zero-order valence-electron chi connectivity index (χ0n) is 11.6. The molecule has 0 aromatic heterocycles. The van der Waals surface area contributed by atoms with Crippen LogP contribution in [0.4, 0.5) is 0 Å². The molecule has 1 atom stereocenters. The molecule has 0 unspecified atom stereocenters. The van der Waals surface area contributed by atoms with Gasteiger partial charge in [0, 0.05) is 31.6 Å². The summed E-state index contributed by atoms with van der Waals surface area (Å²) in [6, 6.07) is 2.05. The van der Waals surface area contributed by atoms with Crippen LogP contribution in [-0.4, -0.2) is 46.9 Å². The Labute approximate surface area is 111 Å². The van der Waals surface area contributed by atoms with Gasteiger partial charge in [0.05, 0.1) is 0 Å². The first-order valence-electron chi connectivity index (χ1n) is 7.78. The fourth-order valence-corrected chi connectivity index (χ4v) is 3.92. The van der Waals surface area contributed by atoms with Crippen LogP contribution in [0.2, 0.25) is 0 Å². The first-order valence-corrected chi connectivity index (χ1v) is 7.78. The molecule has 0 spiro atoms. The van der Waals surface area contributed by atoms with Crippen LogP contribution in [0.25, 0.3) is 0 Å². The lowest BCUT2D eigenvalue weighted by Gasteiger charge is -2.34. The molecule has 1 saturated heterocycles. The van der Waals surface area contributed by atoms with Crippen molar-refractivity contribution in [1.29, 1.82) is 0 Å². The number of hydrogen-bond acceptors (Lipinski definition) is 2. The third-order valence-electron chi connectivity index (χ3n) is 5.02. The van der Waals surface area contributed by atoms with Gasteiger partial charge in [0.15, 0.2) is 0 Å². The molecule has 3 nitrogen and oxygen atoms in total. The molecule has 0 N–H and O–H groups in total. The largest absolute Gasteiger partial charge is 0.338 e. The second-order valence-corrected chi connectivity index (χ2v) is 6.37. The van der Waals surface area contributed by atoms with Gasteiger partial charge in [-0.1, -0.05) is 12.8 Å². The van der Waals surface area contributed by atoms with Gasteiger partial charge in [0.2, 0.25) is 5.91 Å². The Morgan fingerprint density at radius 1 is 1.11 bits per heavy atom. The van der Waals surface area contributed by atoms with Gasteiger partial charge in [0.1, 0.15) is 0 Å². The number of amides is 1. The van der Waals surface area contributed by atoms with Crippen molar-refractivity contribution in [3.05, 3.63) is 0 Å². The maximum Gasteiger partial charge on any atom is 0.219 e. The van der Waals surface area contributed by atoms with Crippen LogP contribution in [0, 0.1) is 0 Å². The first-order chi connectivity index (χ1) is 8.75. The Kier molecular flexibility index (Phi) is 3.60. The van der Waals surface area contributed by atoms with Crippen molar-refractivity contribution in [3.8, 4) is 0 Å². The monoisotopic (exact) mass is 250 g/mol. The summed E-state index contributed by atoms with van der Waals surface area (Å²) in [5, 5.41) is 0. The molecule has 3 rings (SSSR count). The van der Waals surface area contributed by atoms with Crippen LogP contribution < -0.4 is 0 Å². The van der Waals surface area contributed by atoms with E-state index in [4.69, 9.17) is 0 Å². The zero-order chi connectivity index (χ0) is 12.5. The highest BCUT2D eigenvalue weighted by Gasteiger charge is 2.37. The summed E-state index contributed by atoms with van der Waals surface area (Å²) in [5.41, 5.74) is 0. The SMILES string of the molecule is CC(=O)N(C[C@H]1CCCN1C1CCCC1)C1CC1. The molecular formula is C15H26N2O. The smallest absolute Gasteiger partial charge is 0.219 e. The van der Waals surface area contributed by atoms with Crippen LogP contribution in [0.5, 0.6) is 0 Å². The number of hydrogen-bond donors (Lipinski definition) is 0. The Bertz CT molecular complexity index is 308. The lowest BCUT2D eigenvalue weighted by Crippen LogP contribution is -2.46. The predicted octanol–water partition coefficient (Wildman–Crippen LogP) is 2.40. The topological polar surface area (TPSA) is 23.6 Å². The normalized spacial score (nSPS) is 29.9. The molecule has 0 aromatic rings. The molecule has 1 heterocycles. The molecule has 3 aliphatic rings. The average molecular weight is 250 g/mol. The summed E-state index contributed by atoms with van der Waals surface area (Å²) in [7, 11) is 0. The van der Waals surface area contributed by atoms with Gasteiger partial charge < -0.3 is 4.90 Å². The molecule has 0 bridgehead atoms. The van der Waals surface area contributed by atoms with Crippen molar-refractivity contribution in [2.75, 3.05) is 13.1 Å². The van der Waals surface area contributed by atoms with Gasteiger partial charge >= 0.3 is 0 Å². The molecule has 1 amide bonds. The minimum absolute atomic E-state index is 0.288. The van der Waals surface area contributed by atoms with Crippen LogP contribution in [0.1, 0.15) is 58.3 Å². The number of nitrogens with zero attached hydrogens (tertiary/aromatic N) is 2. The summed E-state index contributed by atoms with van der Waals surface area (Å²) in [6.07, 6.45) is 10.7. The van der Waals surface area contributed by atoms with Crippen molar-refractivity contribution >= 4 is 5.91 Å². The number of rotatable bonds is 4. The van der Waals surface area contributed by atoms with E-state index in [2.05, 4.69) is 9.80 Å². The Morgan fingerprint density at radius 2 is 1.83 bits per heavy atom. The van der Waals surface area contributed by atoms with E-state index in [1.54, 1.807) is 6.92 Å².